The van der Waals surface area contributed by atoms with Crippen LogP contribution in [0.15, 0.2) is 24.3 Å². The number of aliphatic hydroxyl groups is 3. The van der Waals surface area contributed by atoms with Gasteiger partial charge in [-0.1, -0.05) is 0 Å². The summed E-state index contributed by atoms with van der Waals surface area (Å²) < 4.78 is 4.26. The van der Waals surface area contributed by atoms with Gasteiger partial charge in [-0.2, -0.15) is 5.26 Å². The van der Waals surface area contributed by atoms with Crippen LogP contribution in [0.5, 0.6) is 5.75 Å². The molecule has 0 saturated carbocycles. The Balaban J connectivity index is 2.77. The fraction of sp³-hybridized carbons (Fsp3) is 0.125. The van der Waals surface area contributed by atoms with Crippen molar-refractivity contribution in [2.24, 2.45) is 0 Å². The molecular formula is C8H7NO4. The van der Waals surface area contributed by atoms with E-state index in [1.807, 2.05) is 6.07 Å². The molecule has 0 aliphatic rings. The van der Waals surface area contributed by atoms with Crippen LogP contribution in [0.1, 0.15) is 5.56 Å². The number of ether oxygens (including phenoxy) is 1. The highest BCUT2D eigenvalue weighted by Gasteiger charge is 2.20. The van der Waals surface area contributed by atoms with Crippen molar-refractivity contribution in [3.8, 4) is 11.8 Å². The molecule has 1 rings (SSSR count). The van der Waals surface area contributed by atoms with E-state index in [9.17, 15) is 0 Å². The van der Waals surface area contributed by atoms with Crippen molar-refractivity contribution in [2.45, 2.75) is 6.16 Å². The van der Waals surface area contributed by atoms with Gasteiger partial charge in [0.1, 0.15) is 5.75 Å². The number of hydrogen-bond acceptors (Lipinski definition) is 5. The molecule has 0 unspecified atom stereocenters. The molecule has 0 bridgehead atoms. The average Bonchev–Trinajstić information content (AvgIpc) is 2.03. The number of hydrogen-bond donors (Lipinski definition) is 3. The van der Waals surface area contributed by atoms with Gasteiger partial charge in [-0.05, 0) is 24.3 Å². The van der Waals surface area contributed by atoms with Gasteiger partial charge in [-0.15, -0.1) is 0 Å². The minimum Gasteiger partial charge on any atom is -0.417 e. The zero-order chi connectivity index (χ0) is 9.90. The van der Waals surface area contributed by atoms with Gasteiger partial charge in [0.2, 0.25) is 0 Å². The molecule has 0 aromatic heterocycles. The average molecular weight is 181 g/mol. The first-order valence-corrected chi connectivity index (χ1v) is 3.37. The summed E-state index contributed by atoms with van der Waals surface area (Å²) in [5, 5.41) is 33.7. The normalized spacial score (nSPS) is 10.6. The minimum absolute atomic E-state index is 0.0477. The molecule has 0 fully saturated rings. The Morgan fingerprint density at radius 1 is 1.15 bits per heavy atom. The van der Waals surface area contributed by atoms with Crippen molar-refractivity contribution in [1.29, 1.82) is 5.26 Å². The Labute approximate surface area is 74.1 Å². The molecule has 5 heteroatoms. The zero-order valence-electron chi connectivity index (χ0n) is 6.51. The molecular weight excluding hydrogens is 174 g/mol. The first-order valence-electron chi connectivity index (χ1n) is 3.37. The molecule has 0 spiro atoms. The van der Waals surface area contributed by atoms with E-state index in [-0.39, 0.29) is 5.75 Å². The third kappa shape index (κ3) is 3.09. The monoisotopic (exact) mass is 181 g/mol. The smallest absolute Gasteiger partial charge is 0.417 e. The first-order chi connectivity index (χ1) is 6.01. The number of nitrogens with zero attached hydrogens (tertiary/aromatic N) is 1. The van der Waals surface area contributed by atoms with E-state index in [1.165, 1.54) is 24.3 Å². The van der Waals surface area contributed by atoms with Crippen molar-refractivity contribution in [3.63, 3.8) is 0 Å². The van der Waals surface area contributed by atoms with E-state index in [0.29, 0.717) is 5.56 Å². The Hall–Kier alpha value is -1.61. The summed E-state index contributed by atoms with van der Waals surface area (Å²) in [7, 11) is 0. The van der Waals surface area contributed by atoms with Crippen molar-refractivity contribution >= 4 is 0 Å². The maximum Gasteiger partial charge on any atom is 0.453 e. The van der Waals surface area contributed by atoms with Crippen molar-refractivity contribution in [3.05, 3.63) is 29.8 Å². The molecule has 0 atom stereocenters. The second kappa shape index (κ2) is 3.41. The van der Waals surface area contributed by atoms with E-state index in [4.69, 9.17) is 20.6 Å². The predicted octanol–water partition coefficient (Wildman–Crippen LogP) is -0.475. The summed E-state index contributed by atoms with van der Waals surface area (Å²) >= 11 is 0. The lowest BCUT2D eigenvalue weighted by Gasteiger charge is -2.14. The molecule has 5 nitrogen and oxygen atoms in total. The standard InChI is InChI=1S/C8H7NO4/c9-5-6-1-3-7(4-2-6)13-8(10,11)12/h1-4,10-12H. The zero-order valence-corrected chi connectivity index (χ0v) is 6.51. The Morgan fingerprint density at radius 2 is 1.69 bits per heavy atom. The minimum atomic E-state index is -3.19. The SMILES string of the molecule is N#Cc1ccc(OC(O)(O)O)cc1. The highest BCUT2D eigenvalue weighted by Crippen LogP contribution is 2.14. The second-order valence-corrected chi connectivity index (χ2v) is 2.31. The van der Waals surface area contributed by atoms with Crippen LogP contribution in [0.25, 0.3) is 0 Å². The number of benzene rings is 1. The largest absolute Gasteiger partial charge is 0.453 e. The van der Waals surface area contributed by atoms with Crippen LogP contribution in [-0.2, 0) is 0 Å². The second-order valence-electron chi connectivity index (χ2n) is 2.31. The van der Waals surface area contributed by atoms with E-state index in [1.54, 1.807) is 0 Å². The van der Waals surface area contributed by atoms with E-state index in [0.717, 1.165) is 0 Å². The molecule has 68 valence electrons. The summed E-state index contributed by atoms with van der Waals surface area (Å²) in [6.45, 7) is 0. The molecule has 0 saturated heterocycles. The third-order valence-corrected chi connectivity index (χ3v) is 1.24. The highest BCUT2D eigenvalue weighted by atomic mass is 16.9. The molecule has 0 aliphatic heterocycles. The van der Waals surface area contributed by atoms with Gasteiger partial charge in [-0.25, -0.2) is 0 Å². The summed E-state index contributed by atoms with van der Waals surface area (Å²) in [5.41, 5.74) is 0.409. The maximum atomic E-state index is 8.42. The van der Waals surface area contributed by atoms with Crippen LogP contribution < -0.4 is 4.74 Å². The van der Waals surface area contributed by atoms with Gasteiger partial charge < -0.3 is 20.1 Å². The molecule has 0 aliphatic carbocycles. The predicted molar refractivity (Wildman–Crippen MR) is 41.2 cm³/mol. The van der Waals surface area contributed by atoms with Crippen LogP contribution in [0.4, 0.5) is 0 Å². The summed E-state index contributed by atoms with van der Waals surface area (Å²) in [6.07, 6.45) is -3.19. The summed E-state index contributed by atoms with van der Waals surface area (Å²) in [4.78, 5) is 0. The van der Waals surface area contributed by atoms with Crippen molar-refractivity contribution < 1.29 is 20.1 Å². The number of rotatable bonds is 2. The summed E-state index contributed by atoms with van der Waals surface area (Å²) in [5.74, 6) is 0.0477. The molecule has 1 aromatic rings. The van der Waals surface area contributed by atoms with Crippen LogP contribution in [0.3, 0.4) is 0 Å². The fourth-order valence-electron chi connectivity index (χ4n) is 0.756. The molecule has 3 N–H and O–H groups in total. The fourth-order valence-corrected chi connectivity index (χ4v) is 0.756. The Bertz CT molecular complexity index is 319. The topological polar surface area (TPSA) is 93.7 Å². The Kier molecular flexibility index (Phi) is 2.49. The van der Waals surface area contributed by atoms with E-state index < -0.39 is 6.16 Å². The van der Waals surface area contributed by atoms with Gasteiger partial charge in [0.15, 0.2) is 0 Å². The highest BCUT2D eigenvalue weighted by molar-refractivity contribution is 5.34. The molecule has 1 aromatic carbocycles. The van der Waals surface area contributed by atoms with Crippen molar-refractivity contribution in [1.82, 2.24) is 0 Å². The molecule has 0 heterocycles. The van der Waals surface area contributed by atoms with Crippen LogP contribution in [0, 0.1) is 11.3 Å². The van der Waals surface area contributed by atoms with Gasteiger partial charge >= 0.3 is 6.16 Å². The first kappa shape index (κ1) is 9.48. The van der Waals surface area contributed by atoms with Gasteiger partial charge in [0.05, 0.1) is 11.6 Å². The Morgan fingerprint density at radius 3 is 2.08 bits per heavy atom. The third-order valence-electron chi connectivity index (χ3n) is 1.24. The molecule has 13 heavy (non-hydrogen) atoms. The molecule has 0 amide bonds. The van der Waals surface area contributed by atoms with E-state index >= 15 is 0 Å². The van der Waals surface area contributed by atoms with Crippen LogP contribution >= 0.6 is 0 Å². The van der Waals surface area contributed by atoms with Gasteiger partial charge in [0, 0.05) is 0 Å². The number of nitriles is 1. The van der Waals surface area contributed by atoms with Gasteiger partial charge in [0.25, 0.3) is 0 Å². The molecule has 0 radical (unpaired) electrons. The van der Waals surface area contributed by atoms with Crippen LogP contribution in [0.2, 0.25) is 0 Å². The van der Waals surface area contributed by atoms with Crippen molar-refractivity contribution in [2.75, 3.05) is 0 Å². The van der Waals surface area contributed by atoms with Crippen LogP contribution in [-0.4, -0.2) is 21.5 Å². The maximum absolute atomic E-state index is 8.42. The summed E-state index contributed by atoms with van der Waals surface area (Å²) in [6, 6.07) is 7.37. The van der Waals surface area contributed by atoms with E-state index in [2.05, 4.69) is 4.74 Å². The lowest BCUT2D eigenvalue weighted by Crippen LogP contribution is -2.34. The van der Waals surface area contributed by atoms with Gasteiger partial charge in [-0.3, -0.25) is 0 Å². The lowest BCUT2D eigenvalue weighted by atomic mass is 10.2. The quantitative estimate of drug-likeness (QED) is 0.536. The lowest BCUT2D eigenvalue weighted by molar-refractivity contribution is -0.419.